The number of nitrogens with zero attached hydrogens (tertiary/aromatic N) is 1. The van der Waals surface area contributed by atoms with E-state index in [9.17, 15) is 13.2 Å². The summed E-state index contributed by atoms with van der Waals surface area (Å²) >= 11 is 0. The van der Waals surface area contributed by atoms with Crippen molar-refractivity contribution >= 4 is 21.6 Å². The molecule has 0 spiro atoms. The summed E-state index contributed by atoms with van der Waals surface area (Å²) in [5.41, 5.74) is 0.635. The standard InChI is InChI=1S/C21H21N3O4S/c1-2-13-22-20(25)19-12-7-14-23-21(19)28-17-9-6-8-16(15-17)24-29(26,27)18-10-4-3-5-11-18/h3-12,14-15,24H,2,13H2,1H3,(H,22,25). The maximum absolute atomic E-state index is 12.5. The normalized spacial score (nSPS) is 10.9. The number of rotatable bonds is 8. The van der Waals surface area contributed by atoms with Gasteiger partial charge in [0.2, 0.25) is 5.88 Å². The lowest BCUT2D eigenvalue weighted by molar-refractivity contribution is 0.0950. The Morgan fingerprint density at radius 1 is 1.03 bits per heavy atom. The quantitative estimate of drug-likeness (QED) is 0.587. The van der Waals surface area contributed by atoms with E-state index in [0.717, 1.165) is 6.42 Å². The first kappa shape index (κ1) is 20.3. The van der Waals surface area contributed by atoms with Crippen molar-refractivity contribution in [3.63, 3.8) is 0 Å². The van der Waals surface area contributed by atoms with E-state index in [1.807, 2.05) is 6.92 Å². The number of sulfonamides is 1. The van der Waals surface area contributed by atoms with E-state index in [2.05, 4.69) is 15.0 Å². The van der Waals surface area contributed by atoms with Gasteiger partial charge in [0.15, 0.2) is 0 Å². The highest BCUT2D eigenvalue weighted by atomic mass is 32.2. The lowest BCUT2D eigenvalue weighted by Crippen LogP contribution is -2.24. The Hall–Kier alpha value is -3.39. The number of nitrogens with one attached hydrogen (secondary N) is 2. The molecule has 0 aliphatic rings. The number of pyridine rings is 1. The van der Waals surface area contributed by atoms with Crippen LogP contribution >= 0.6 is 0 Å². The summed E-state index contributed by atoms with van der Waals surface area (Å²) in [6.07, 6.45) is 2.33. The third-order valence-electron chi connectivity index (χ3n) is 3.91. The van der Waals surface area contributed by atoms with Crippen LogP contribution in [0, 0.1) is 0 Å². The van der Waals surface area contributed by atoms with Crippen LogP contribution in [0.3, 0.4) is 0 Å². The molecule has 8 heteroatoms. The number of ether oxygens (including phenoxy) is 1. The van der Waals surface area contributed by atoms with Gasteiger partial charge in [-0.3, -0.25) is 9.52 Å². The average molecular weight is 411 g/mol. The molecule has 3 rings (SSSR count). The summed E-state index contributed by atoms with van der Waals surface area (Å²) < 4.78 is 33.3. The van der Waals surface area contributed by atoms with Crippen LogP contribution in [-0.4, -0.2) is 25.9 Å². The van der Waals surface area contributed by atoms with Crippen molar-refractivity contribution < 1.29 is 17.9 Å². The van der Waals surface area contributed by atoms with E-state index in [-0.39, 0.29) is 16.7 Å². The molecule has 0 atom stereocenters. The summed E-state index contributed by atoms with van der Waals surface area (Å²) in [7, 11) is -3.72. The van der Waals surface area contributed by atoms with Crippen LogP contribution in [0.2, 0.25) is 0 Å². The molecule has 150 valence electrons. The molecule has 2 N–H and O–H groups in total. The summed E-state index contributed by atoms with van der Waals surface area (Å²) in [5.74, 6) is 0.210. The largest absolute Gasteiger partial charge is 0.438 e. The van der Waals surface area contributed by atoms with Crippen LogP contribution < -0.4 is 14.8 Å². The smallest absolute Gasteiger partial charge is 0.261 e. The fourth-order valence-corrected chi connectivity index (χ4v) is 3.60. The second kappa shape index (κ2) is 9.20. The predicted octanol–water partition coefficient (Wildman–Crippen LogP) is 3.81. The Bertz CT molecular complexity index is 1090. The van der Waals surface area contributed by atoms with Gasteiger partial charge in [-0.15, -0.1) is 0 Å². The zero-order valence-corrected chi connectivity index (χ0v) is 16.6. The van der Waals surface area contributed by atoms with Gasteiger partial charge in [-0.05, 0) is 42.8 Å². The zero-order chi connectivity index (χ0) is 20.7. The van der Waals surface area contributed by atoms with Gasteiger partial charge in [0.1, 0.15) is 11.3 Å². The van der Waals surface area contributed by atoms with Gasteiger partial charge in [0.05, 0.1) is 10.6 Å². The maximum Gasteiger partial charge on any atom is 0.261 e. The molecule has 1 heterocycles. The van der Waals surface area contributed by atoms with E-state index in [4.69, 9.17) is 4.74 Å². The van der Waals surface area contributed by atoms with Gasteiger partial charge in [0, 0.05) is 18.8 Å². The van der Waals surface area contributed by atoms with Gasteiger partial charge in [-0.1, -0.05) is 31.2 Å². The molecule has 0 aliphatic carbocycles. The highest BCUT2D eigenvalue weighted by Crippen LogP contribution is 2.26. The topological polar surface area (TPSA) is 97.4 Å². The number of hydrogen-bond acceptors (Lipinski definition) is 5. The Morgan fingerprint density at radius 3 is 2.59 bits per heavy atom. The number of hydrogen-bond donors (Lipinski definition) is 2. The Balaban J connectivity index is 1.80. The van der Waals surface area contributed by atoms with Crippen molar-refractivity contribution in [1.82, 2.24) is 10.3 Å². The summed E-state index contributed by atoms with van der Waals surface area (Å²) in [6.45, 7) is 2.51. The Labute approximate surface area is 169 Å². The van der Waals surface area contributed by atoms with Crippen LogP contribution in [0.25, 0.3) is 0 Å². The minimum atomic E-state index is -3.72. The zero-order valence-electron chi connectivity index (χ0n) is 15.8. The Kier molecular flexibility index (Phi) is 6.46. The van der Waals surface area contributed by atoms with E-state index in [0.29, 0.717) is 23.5 Å². The third kappa shape index (κ3) is 5.32. The minimum Gasteiger partial charge on any atom is -0.438 e. The van der Waals surface area contributed by atoms with Crippen LogP contribution in [0.1, 0.15) is 23.7 Å². The molecule has 0 aliphatic heterocycles. The second-order valence-electron chi connectivity index (χ2n) is 6.16. The third-order valence-corrected chi connectivity index (χ3v) is 5.30. The first-order chi connectivity index (χ1) is 14.0. The van der Waals surface area contributed by atoms with E-state index < -0.39 is 10.0 Å². The first-order valence-corrected chi connectivity index (χ1v) is 10.6. The number of carbonyl (C=O) groups is 1. The molecule has 3 aromatic rings. The van der Waals surface area contributed by atoms with Gasteiger partial charge in [0.25, 0.3) is 15.9 Å². The maximum atomic E-state index is 12.5. The SMILES string of the molecule is CCCNC(=O)c1cccnc1Oc1cccc(NS(=O)(=O)c2ccccc2)c1. The van der Waals surface area contributed by atoms with Gasteiger partial charge in [-0.2, -0.15) is 0 Å². The molecule has 7 nitrogen and oxygen atoms in total. The molecular formula is C21H21N3O4S. The van der Waals surface area contributed by atoms with Crippen LogP contribution in [0.15, 0.2) is 77.8 Å². The molecule has 0 fully saturated rings. The highest BCUT2D eigenvalue weighted by Gasteiger charge is 2.16. The number of carbonyl (C=O) groups excluding carboxylic acids is 1. The molecular weight excluding hydrogens is 390 g/mol. The second-order valence-corrected chi connectivity index (χ2v) is 7.84. The lowest BCUT2D eigenvalue weighted by atomic mass is 10.2. The van der Waals surface area contributed by atoms with E-state index in [1.54, 1.807) is 48.5 Å². The minimum absolute atomic E-state index is 0.143. The van der Waals surface area contributed by atoms with Crippen molar-refractivity contribution in [2.45, 2.75) is 18.2 Å². The lowest BCUT2D eigenvalue weighted by Gasteiger charge is -2.12. The molecule has 0 radical (unpaired) electrons. The van der Waals surface area contributed by atoms with Crippen LogP contribution in [-0.2, 0) is 10.0 Å². The van der Waals surface area contributed by atoms with Gasteiger partial charge in [-0.25, -0.2) is 13.4 Å². The fourth-order valence-electron chi connectivity index (χ4n) is 2.53. The number of amides is 1. The van der Waals surface area contributed by atoms with E-state index in [1.165, 1.54) is 24.4 Å². The monoisotopic (exact) mass is 411 g/mol. The first-order valence-electron chi connectivity index (χ1n) is 9.08. The van der Waals surface area contributed by atoms with Crippen molar-refractivity contribution in [1.29, 1.82) is 0 Å². The molecule has 1 aromatic heterocycles. The molecule has 0 saturated heterocycles. The molecule has 0 bridgehead atoms. The van der Waals surface area contributed by atoms with Gasteiger partial charge >= 0.3 is 0 Å². The Morgan fingerprint density at radius 2 is 1.83 bits per heavy atom. The fraction of sp³-hybridized carbons (Fsp3) is 0.143. The summed E-state index contributed by atoms with van der Waals surface area (Å²) in [5, 5.41) is 2.78. The predicted molar refractivity (Wildman–Crippen MR) is 111 cm³/mol. The molecule has 29 heavy (non-hydrogen) atoms. The van der Waals surface area contributed by atoms with Crippen LogP contribution in [0.5, 0.6) is 11.6 Å². The van der Waals surface area contributed by atoms with Crippen molar-refractivity contribution in [2.24, 2.45) is 0 Å². The molecule has 0 unspecified atom stereocenters. The average Bonchev–Trinajstić information content (AvgIpc) is 2.73. The van der Waals surface area contributed by atoms with E-state index >= 15 is 0 Å². The number of aromatic nitrogens is 1. The summed E-state index contributed by atoms with van der Waals surface area (Å²) in [4.78, 5) is 16.6. The number of anilines is 1. The summed E-state index contributed by atoms with van der Waals surface area (Å²) in [6, 6.07) is 17.8. The molecule has 0 saturated carbocycles. The number of benzene rings is 2. The van der Waals surface area contributed by atoms with Crippen molar-refractivity contribution in [2.75, 3.05) is 11.3 Å². The van der Waals surface area contributed by atoms with Crippen molar-refractivity contribution in [3.8, 4) is 11.6 Å². The van der Waals surface area contributed by atoms with Crippen molar-refractivity contribution in [3.05, 3.63) is 78.5 Å². The van der Waals surface area contributed by atoms with Crippen LogP contribution in [0.4, 0.5) is 5.69 Å². The highest BCUT2D eigenvalue weighted by molar-refractivity contribution is 7.92. The van der Waals surface area contributed by atoms with Gasteiger partial charge < -0.3 is 10.1 Å². The molecule has 1 amide bonds. The molecule has 2 aromatic carbocycles.